The zero-order valence-corrected chi connectivity index (χ0v) is 10.2. The maximum absolute atomic E-state index is 11.4. The fourth-order valence-corrected chi connectivity index (χ4v) is 1.34. The quantitative estimate of drug-likeness (QED) is 0.477. The summed E-state index contributed by atoms with van der Waals surface area (Å²) in [6.07, 6.45) is 0. The first-order chi connectivity index (χ1) is 7.60. The largest absolute Gasteiger partial charge is 0.464 e. The Bertz CT molecular complexity index is 432. The Morgan fingerprint density at radius 1 is 1.25 bits per heavy atom. The SMILES string of the molecule is CON=C(C(=O)OC)c1ccc(Cl)c(Cl)c1. The van der Waals surface area contributed by atoms with Crippen molar-refractivity contribution in [2.24, 2.45) is 5.16 Å². The van der Waals surface area contributed by atoms with Gasteiger partial charge in [-0.25, -0.2) is 4.79 Å². The lowest BCUT2D eigenvalue weighted by atomic mass is 10.1. The molecule has 0 saturated heterocycles. The van der Waals surface area contributed by atoms with Crippen LogP contribution in [0.2, 0.25) is 10.0 Å². The van der Waals surface area contributed by atoms with Crippen molar-refractivity contribution in [1.82, 2.24) is 0 Å². The van der Waals surface area contributed by atoms with Crippen molar-refractivity contribution in [3.05, 3.63) is 33.8 Å². The van der Waals surface area contributed by atoms with E-state index in [1.807, 2.05) is 0 Å². The third-order valence-corrected chi connectivity index (χ3v) is 2.49. The van der Waals surface area contributed by atoms with Gasteiger partial charge in [0.05, 0.1) is 17.2 Å². The van der Waals surface area contributed by atoms with Crippen LogP contribution < -0.4 is 0 Å². The summed E-state index contributed by atoms with van der Waals surface area (Å²) in [6, 6.07) is 4.68. The number of hydrogen-bond acceptors (Lipinski definition) is 4. The lowest BCUT2D eigenvalue weighted by Crippen LogP contribution is -2.17. The van der Waals surface area contributed by atoms with Crippen LogP contribution in [0.25, 0.3) is 0 Å². The van der Waals surface area contributed by atoms with Gasteiger partial charge in [0.15, 0.2) is 5.71 Å². The molecule has 4 nitrogen and oxygen atoms in total. The van der Waals surface area contributed by atoms with Gasteiger partial charge in [-0.15, -0.1) is 0 Å². The van der Waals surface area contributed by atoms with Crippen LogP contribution in [0.4, 0.5) is 0 Å². The summed E-state index contributed by atoms with van der Waals surface area (Å²) in [5, 5.41) is 4.30. The number of carbonyl (C=O) groups is 1. The average Bonchev–Trinajstić information content (AvgIpc) is 2.29. The minimum atomic E-state index is -0.611. The Morgan fingerprint density at radius 2 is 1.94 bits per heavy atom. The molecule has 86 valence electrons. The number of esters is 1. The smallest absolute Gasteiger partial charge is 0.360 e. The van der Waals surface area contributed by atoms with Gasteiger partial charge in [0.1, 0.15) is 7.11 Å². The van der Waals surface area contributed by atoms with Crippen LogP contribution in [-0.2, 0) is 14.4 Å². The first-order valence-electron chi connectivity index (χ1n) is 4.25. The summed E-state index contributed by atoms with van der Waals surface area (Å²) in [7, 11) is 2.59. The molecule has 0 bridgehead atoms. The van der Waals surface area contributed by atoms with Crippen LogP contribution in [0, 0.1) is 0 Å². The molecule has 0 aliphatic heterocycles. The van der Waals surface area contributed by atoms with E-state index in [4.69, 9.17) is 23.2 Å². The Morgan fingerprint density at radius 3 is 2.44 bits per heavy atom. The number of nitrogens with zero attached hydrogens (tertiary/aromatic N) is 1. The van der Waals surface area contributed by atoms with Gasteiger partial charge in [0.25, 0.3) is 0 Å². The lowest BCUT2D eigenvalue weighted by Gasteiger charge is -2.04. The predicted molar refractivity (Wildman–Crippen MR) is 62.0 cm³/mol. The fraction of sp³-hybridized carbons (Fsp3) is 0.200. The summed E-state index contributed by atoms with van der Waals surface area (Å²) in [5.74, 6) is -0.611. The topological polar surface area (TPSA) is 47.9 Å². The highest BCUT2D eigenvalue weighted by Crippen LogP contribution is 2.23. The van der Waals surface area contributed by atoms with Crippen LogP contribution in [0.3, 0.4) is 0 Å². The van der Waals surface area contributed by atoms with Crippen LogP contribution >= 0.6 is 23.2 Å². The maximum Gasteiger partial charge on any atom is 0.360 e. The Labute approximate surface area is 103 Å². The zero-order chi connectivity index (χ0) is 12.1. The molecule has 0 fully saturated rings. The number of hydrogen-bond donors (Lipinski definition) is 0. The van der Waals surface area contributed by atoms with E-state index in [1.165, 1.54) is 20.3 Å². The minimum Gasteiger partial charge on any atom is -0.464 e. The molecule has 0 spiro atoms. The molecule has 1 aromatic rings. The monoisotopic (exact) mass is 261 g/mol. The van der Waals surface area contributed by atoms with Gasteiger partial charge in [-0.1, -0.05) is 34.4 Å². The molecule has 0 radical (unpaired) electrons. The van der Waals surface area contributed by atoms with E-state index in [0.29, 0.717) is 15.6 Å². The summed E-state index contributed by atoms with van der Waals surface area (Å²) >= 11 is 11.6. The van der Waals surface area contributed by atoms with Gasteiger partial charge in [-0.05, 0) is 12.1 Å². The van der Waals surface area contributed by atoms with Gasteiger partial charge in [-0.3, -0.25) is 0 Å². The third-order valence-electron chi connectivity index (χ3n) is 1.75. The molecular formula is C10H9Cl2NO3. The molecule has 0 amide bonds. The molecular weight excluding hydrogens is 253 g/mol. The van der Waals surface area contributed by atoms with Gasteiger partial charge in [-0.2, -0.15) is 0 Å². The van der Waals surface area contributed by atoms with E-state index in [9.17, 15) is 4.79 Å². The standard InChI is InChI=1S/C10H9Cl2NO3/c1-15-10(14)9(13-16-2)6-3-4-7(11)8(12)5-6/h3-5H,1-2H3. The summed E-state index contributed by atoms with van der Waals surface area (Å²) in [6.45, 7) is 0. The van der Waals surface area contributed by atoms with Crippen molar-refractivity contribution >= 4 is 34.9 Å². The Hall–Kier alpha value is -1.26. The molecule has 1 aromatic carbocycles. The summed E-state index contributed by atoms with van der Waals surface area (Å²) in [4.78, 5) is 16.0. The summed E-state index contributed by atoms with van der Waals surface area (Å²) < 4.78 is 4.56. The van der Waals surface area contributed by atoms with E-state index in [1.54, 1.807) is 12.1 Å². The van der Waals surface area contributed by atoms with Crippen molar-refractivity contribution in [3.8, 4) is 0 Å². The number of methoxy groups -OCH3 is 1. The van der Waals surface area contributed by atoms with E-state index in [-0.39, 0.29) is 5.71 Å². The van der Waals surface area contributed by atoms with Crippen molar-refractivity contribution in [1.29, 1.82) is 0 Å². The van der Waals surface area contributed by atoms with Crippen molar-refractivity contribution < 1.29 is 14.4 Å². The Balaban J connectivity index is 3.17. The Kier molecular flexibility index (Phi) is 4.58. The molecule has 6 heteroatoms. The molecule has 0 saturated carbocycles. The van der Waals surface area contributed by atoms with Gasteiger partial charge >= 0.3 is 5.97 Å². The van der Waals surface area contributed by atoms with Crippen LogP contribution in [0.5, 0.6) is 0 Å². The van der Waals surface area contributed by atoms with Crippen LogP contribution in [0.1, 0.15) is 5.56 Å². The molecule has 0 aliphatic carbocycles. The molecule has 0 aromatic heterocycles. The van der Waals surface area contributed by atoms with E-state index in [0.717, 1.165) is 0 Å². The number of carbonyl (C=O) groups excluding carboxylic acids is 1. The molecule has 0 heterocycles. The highest BCUT2D eigenvalue weighted by atomic mass is 35.5. The fourth-order valence-electron chi connectivity index (χ4n) is 1.04. The zero-order valence-electron chi connectivity index (χ0n) is 8.66. The van der Waals surface area contributed by atoms with Crippen LogP contribution in [-0.4, -0.2) is 25.9 Å². The first kappa shape index (κ1) is 12.8. The van der Waals surface area contributed by atoms with Gasteiger partial charge in [0.2, 0.25) is 0 Å². The van der Waals surface area contributed by atoms with Crippen molar-refractivity contribution in [2.45, 2.75) is 0 Å². The van der Waals surface area contributed by atoms with Crippen molar-refractivity contribution in [2.75, 3.05) is 14.2 Å². The third kappa shape index (κ3) is 2.87. The average molecular weight is 262 g/mol. The highest BCUT2D eigenvalue weighted by molar-refractivity contribution is 6.45. The van der Waals surface area contributed by atoms with Crippen molar-refractivity contribution in [3.63, 3.8) is 0 Å². The number of benzene rings is 1. The highest BCUT2D eigenvalue weighted by Gasteiger charge is 2.16. The first-order valence-corrected chi connectivity index (χ1v) is 5.00. The normalized spacial score (nSPS) is 11.1. The second kappa shape index (κ2) is 5.72. The molecule has 16 heavy (non-hydrogen) atoms. The van der Waals surface area contributed by atoms with Crippen LogP contribution in [0.15, 0.2) is 23.4 Å². The minimum absolute atomic E-state index is 0.0311. The number of ether oxygens (including phenoxy) is 1. The maximum atomic E-state index is 11.4. The molecule has 0 N–H and O–H groups in total. The second-order valence-electron chi connectivity index (χ2n) is 2.74. The van der Waals surface area contributed by atoms with Gasteiger partial charge in [0, 0.05) is 5.56 Å². The van der Waals surface area contributed by atoms with Gasteiger partial charge < -0.3 is 9.57 Å². The molecule has 0 unspecified atom stereocenters. The summed E-state index contributed by atoms with van der Waals surface area (Å²) in [5.41, 5.74) is 0.506. The number of halogens is 2. The molecule has 0 aliphatic rings. The van der Waals surface area contributed by atoms with E-state index >= 15 is 0 Å². The van der Waals surface area contributed by atoms with E-state index in [2.05, 4.69) is 14.7 Å². The number of oxime groups is 1. The lowest BCUT2D eigenvalue weighted by molar-refractivity contribution is -0.132. The van der Waals surface area contributed by atoms with E-state index < -0.39 is 5.97 Å². The second-order valence-corrected chi connectivity index (χ2v) is 3.56. The number of rotatable bonds is 3. The predicted octanol–water partition coefficient (Wildman–Crippen LogP) is 2.52. The molecule has 0 atom stereocenters. The molecule has 1 rings (SSSR count).